The highest BCUT2D eigenvalue weighted by Crippen LogP contribution is 2.34. The Morgan fingerprint density at radius 3 is 2.83 bits per heavy atom. The van der Waals surface area contributed by atoms with Crippen LogP contribution in [0.1, 0.15) is 20.3 Å². The predicted molar refractivity (Wildman–Crippen MR) is 88.4 cm³/mol. The number of nitrogens with zero attached hydrogens (tertiary/aromatic N) is 1. The highest BCUT2D eigenvalue weighted by atomic mass is 32.2. The fourth-order valence-electron chi connectivity index (χ4n) is 2.15. The van der Waals surface area contributed by atoms with Crippen molar-refractivity contribution in [3.63, 3.8) is 0 Å². The van der Waals surface area contributed by atoms with E-state index in [0.717, 1.165) is 10.6 Å². The maximum absolute atomic E-state index is 12.0. The molecule has 23 heavy (non-hydrogen) atoms. The van der Waals surface area contributed by atoms with E-state index in [-0.39, 0.29) is 43.4 Å². The fraction of sp³-hybridized carbons (Fsp3) is 0.438. The number of carbonyl (C=O) groups excluding carboxylic acids is 3. The standard InChI is InChI=1S/C16H20N2O4S/c1-11(2)22-16(21)7-8-17-14(19)9-18-12-5-3-4-6-13(12)23-10-15(18)20/h3-6,11H,7-10H2,1-2H3,(H,17,19). The molecule has 6 nitrogen and oxygen atoms in total. The first-order valence-corrected chi connectivity index (χ1v) is 8.44. The van der Waals surface area contributed by atoms with E-state index in [0.29, 0.717) is 5.75 Å². The minimum Gasteiger partial charge on any atom is -0.463 e. The quantitative estimate of drug-likeness (QED) is 0.798. The zero-order valence-corrected chi connectivity index (χ0v) is 14.0. The summed E-state index contributed by atoms with van der Waals surface area (Å²) in [6.45, 7) is 3.69. The number of nitrogens with one attached hydrogen (secondary N) is 1. The van der Waals surface area contributed by atoms with Crippen LogP contribution in [0.4, 0.5) is 5.69 Å². The van der Waals surface area contributed by atoms with Crippen molar-refractivity contribution in [3.05, 3.63) is 24.3 Å². The summed E-state index contributed by atoms with van der Waals surface area (Å²) >= 11 is 1.47. The SMILES string of the molecule is CC(C)OC(=O)CCNC(=O)CN1C(=O)CSc2ccccc21. The average Bonchev–Trinajstić information content (AvgIpc) is 2.49. The normalized spacial score (nSPS) is 13.7. The molecular weight excluding hydrogens is 316 g/mol. The van der Waals surface area contributed by atoms with Crippen LogP contribution in [0.5, 0.6) is 0 Å². The van der Waals surface area contributed by atoms with Gasteiger partial charge in [-0.1, -0.05) is 12.1 Å². The van der Waals surface area contributed by atoms with Gasteiger partial charge in [-0.15, -0.1) is 11.8 Å². The molecule has 0 atom stereocenters. The second-order valence-electron chi connectivity index (χ2n) is 5.37. The summed E-state index contributed by atoms with van der Waals surface area (Å²) in [7, 11) is 0. The number of para-hydroxylation sites is 1. The lowest BCUT2D eigenvalue weighted by molar-refractivity contribution is -0.147. The zero-order chi connectivity index (χ0) is 16.8. The van der Waals surface area contributed by atoms with Crippen LogP contribution >= 0.6 is 11.8 Å². The van der Waals surface area contributed by atoms with E-state index in [2.05, 4.69) is 5.32 Å². The molecule has 1 aliphatic heterocycles. The van der Waals surface area contributed by atoms with Gasteiger partial charge in [0.05, 0.1) is 24.0 Å². The number of ether oxygens (including phenoxy) is 1. The zero-order valence-electron chi connectivity index (χ0n) is 13.2. The van der Waals surface area contributed by atoms with Gasteiger partial charge in [-0.2, -0.15) is 0 Å². The van der Waals surface area contributed by atoms with Gasteiger partial charge in [0.25, 0.3) is 0 Å². The van der Waals surface area contributed by atoms with Crippen LogP contribution < -0.4 is 10.2 Å². The van der Waals surface area contributed by atoms with Gasteiger partial charge < -0.3 is 15.0 Å². The topological polar surface area (TPSA) is 75.7 Å². The average molecular weight is 336 g/mol. The number of thioether (sulfide) groups is 1. The highest BCUT2D eigenvalue weighted by molar-refractivity contribution is 8.00. The predicted octanol–water partition coefficient (Wildman–Crippen LogP) is 1.58. The van der Waals surface area contributed by atoms with Crippen molar-refractivity contribution in [1.82, 2.24) is 5.32 Å². The number of carbonyl (C=O) groups is 3. The molecule has 0 bridgehead atoms. The number of amides is 2. The van der Waals surface area contributed by atoms with Crippen molar-refractivity contribution in [2.75, 3.05) is 23.7 Å². The van der Waals surface area contributed by atoms with E-state index in [1.165, 1.54) is 16.7 Å². The monoisotopic (exact) mass is 336 g/mol. The smallest absolute Gasteiger partial charge is 0.307 e. The molecule has 1 aromatic carbocycles. The van der Waals surface area contributed by atoms with E-state index >= 15 is 0 Å². The van der Waals surface area contributed by atoms with Gasteiger partial charge in [0.2, 0.25) is 11.8 Å². The van der Waals surface area contributed by atoms with Gasteiger partial charge in [0.15, 0.2) is 0 Å². The third-order valence-corrected chi connectivity index (χ3v) is 4.18. The summed E-state index contributed by atoms with van der Waals surface area (Å²) in [6, 6.07) is 7.50. The van der Waals surface area contributed by atoms with E-state index in [9.17, 15) is 14.4 Å². The molecule has 124 valence electrons. The molecule has 0 unspecified atom stereocenters. The summed E-state index contributed by atoms with van der Waals surface area (Å²) in [5, 5.41) is 2.65. The summed E-state index contributed by atoms with van der Waals surface area (Å²) < 4.78 is 4.99. The van der Waals surface area contributed by atoms with Crippen LogP contribution in [-0.4, -0.2) is 42.7 Å². The third kappa shape index (κ3) is 4.99. The van der Waals surface area contributed by atoms with Crippen molar-refractivity contribution in [2.45, 2.75) is 31.3 Å². The molecule has 1 heterocycles. The van der Waals surface area contributed by atoms with Gasteiger partial charge in [0.1, 0.15) is 6.54 Å². The van der Waals surface area contributed by atoms with E-state index in [1.807, 2.05) is 24.3 Å². The molecule has 0 aromatic heterocycles. The fourth-order valence-corrected chi connectivity index (χ4v) is 3.09. The van der Waals surface area contributed by atoms with Gasteiger partial charge in [-0.05, 0) is 26.0 Å². The number of fused-ring (bicyclic) bond motifs is 1. The van der Waals surface area contributed by atoms with Crippen LogP contribution in [0, 0.1) is 0 Å². The van der Waals surface area contributed by atoms with Crippen LogP contribution in [0.2, 0.25) is 0 Å². The van der Waals surface area contributed by atoms with Crippen molar-refractivity contribution in [3.8, 4) is 0 Å². The minimum atomic E-state index is -0.351. The van der Waals surface area contributed by atoms with Crippen LogP contribution in [0.3, 0.4) is 0 Å². The van der Waals surface area contributed by atoms with Crippen molar-refractivity contribution >= 4 is 35.2 Å². The van der Waals surface area contributed by atoms with Gasteiger partial charge in [0, 0.05) is 11.4 Å². The molecule has 2 amide bonds. The summed E-state index contributed by atoms with van der Waals surface area (Å²) in [4.78, 5) is 37.9. The molecule has 2 rings (SSSR count). The Kier molecular flexibility index (Phi) is 6.04. The summed E-state index contributed by atoms with van der Waals surface area (Å²) in [6.07, 6.45) is -0.0530. The molecule has 0 spiro atoms. The van der Waals surface area contributed by atoms with Gasteiger partial charge in [-0.25, -0.2) is 0 Å². The van der Waals surface area contributed by atoms with Crippen molar-refractivity contribution < 1.29 is 19.1 Å². The molecule has 1 aromatic rings. The number of anilines is 1. The van der Waals surface area contributed by atoms with Crippen molar-refractivity contribution in [1.29, 1.82) is 0 Å². The maximum atomic E-state index is 12.0. The van der Waals surface area contributed by atoms with Gasteiger partial charge in [-0.3, -0.25) is 14.4 Å². The Bertz CT molecular complexity index is 603. The highest BCUT2D eigenvalue weighted by Gasteiger charge is 2.26. The first-order chi connectivity index (χ1) is 11.0. The van der Waals surface area contributed by atoms with Crippen LogP contribution in [0.25, 0.3) is 0 Å². The number of esters is 1. The third-order valence-electron chi connectivity index (χ3n) is 3.13. The van der Waals surface area contributed by atoms with E-state index < -0.39 is 0 Å². The molecule has 0 radical (unpaired) electrons. The molecule has 0 saturated carbocycles. The molecule has 7 heteroatoms. The lowest BCUT2D eigenvalue weighted by atomic mass is 10.2. The van der Waals surface area contributed by atoms with Crippen LogP contribution in [-0.2, 0) is 19.1 Å². The Morgan fingerprint density at radius 2 is 2.09 bits per heavy atom. The van der Waals surface area contributed by atoms with Gasteiger partial charge >= 0.3 is 5.97 Å². The lowest BCUT2D eigenvalue weighted by Gasteiger charge is -2.28. The maximum Gasteiger partial charge on any atom is 0.307 e. The molecule has 1 aliphatic rings. The Labute approximate surface area is 139 Å². The second-order valence-corrected chi connectivity index (χ2v) is 6.39. The Hall–Kier alpha value is -2.02. The first kappa shape index (κ1) is 17.3. The Balaban J connectivity index is 1.86. The van der Waals surface area contributed by atoms with E-state index in [1.54, 1.807) is 13.8 Å². The number of hydrogen-bond acceptors (Lipinski definition) is 5. The summed E-state index contributed by atoms with van der Waals surface area (Å²) in [5.41, 5.74) is 0.753. The largest absolute Gasteiger partial charge is 0.463 e. The first-order valence-electron chi connectivity index (χ1n) is 7.45. The number of hydrogen-bond donors (Lipinski definition) is 1. The second kappa shape index (κ2) is 8.01. The lowest BCUT2D eigenvalue weighted by Crippen LogP contribution is -2.43. The molecule has 0 fully saturated rings. The number of rotatable bonds is 6. The molecule has 0 saturated heterocycles. The van der Waals surface area contributed by atoms with Crippen LogP contribution in [0.15, 0.2) is 29.2 Å². The van der Waals surface area contributed by atoms with Crippen molar-refractivity contribution in [2.24, 2.45) is 0 Å². The molecule has 1 N–H and O–H groups in total. The Morgan fingerprint density at radius 1 is 1.35 bits per heavy atom. The minimum absolute atomic E-state index is 0.0460. The summed E-state index contributed by atoms with van der Waals surface area (Å²) in [5.74, 6) is -0.415. The number of benzene rings is 1. The molecular formula is C16H20N2O4S. The molecule has 0 aliphatic carbocycles. The van der Waals surface area contributed by atoms with E-state index in [4.69, 9.17) is 4.74 Å².